The molecule has 0 fully saturated rings. The highest BCUT2D eigenvalue weighted by Gasteiger charge is 2.32. The molecular formula is C18H17N3O6S. The summed E-state index contributed by atoms with van der Waals surface area (Å²) < 4.78 is 0.900. The number of carboxylic acids is 1. The second-order valence-electron chi connectivity index (χ2n) is 6.48. The van der Waals surface area contributed by atoms with Gasteiger partial charge in [-0.3, -0.25) is 9.59 Å². The fourth-order valence-electron chi connectivity index (χ4n) is 2.47. The second kappa shape index (κ2) is 7.31. The highest BCUT2D eigenvalue weighted by Crippen LogP contribution is 2.26. The Labute approximate surface area is 162 Å². The number of amides is 1. The van der Waals surface area contributed by atoms with E-state index in [9.17, 15) is 24.6 Å². The lowest BCUT2D eigenvalue weighted by molar-refractivity contribution is -0.143. The summed E-state index contributed by atoms with van der Waals surface area (Å²) in [5.41, 5.74) is -0.699. The molecular weight excluding hydrogens is 386 g/mol. The molecule has 2 aromatic heterocycles. The number of fused-ring (bicyclic) bond motifs is 1. The van der Waals surface area contributed by atoms with Crippen LogP contribution in [0, 0.1) is 0 Å². The maximum atomic E-state index is 12.9. The largest absolute Gasteiger partial charge is 0.506 e. The van der Waals surface area contributed by atoms with Crippen LogP contribution in [0.3, 0.4) is 0 Å². The number of hydrogen-bond donors (Lipinski definition) is 3. The van der Waals surface area contributed by atoms with Gasteiger partial charge >= 0.3 is 5.97 Å². The SMILES string of the molecule is CC(C)(NC(=O)c1c(O)c2ccccc2n(OCc2cscn2)c1=O)C(=O)O. The minimum atomic E-state index is -1.64. The summed E-state index contributed by atoms with van der Waals surface area (Å²) >= 11 is 1.36. The zero-order valence-electron chi connectivity index (χ0n) is 15.0. The Kier molecular flexibility index (Phi) is 5.06. The molecule has 3 aromatic rings. The van der Waals surface area contributed by atoms with Crippen LogP contribution < -0.4 is 15.7 Å². The molecule has 0 saturated heterocycles. The highest BCUT2D eigenvalue weighted by molar-refractivity contribution is 7.07. The molecule has 2 heterocycles. The summed E-state index contributed by atoms with van der Waals surface area (Å²) in [4.78, 5) is 46.4. The third-order valence-electron chi connectivity index (χ3n) is 4.03. The van der Waals surface area contributed by atoms with E-state index in [-0.39, 0.29) is 17.5 Å². The Morgan fingerprint density at radius 2 is 2.04 bits per heavy atom. The first-order chi connectivity index (χ1) is 13.2. The van der Waals surface area contributed by atoms with E-state index in [0.29, 0.717) is 5.69 Å². The number of thiazole rings is 1. The van der Waals surface area contributed by atoms with E-state index in [4.69, 9.17) is 4.84 Å². The van der Waals surface area contributed by atoms with E-state index in [0.717, 1.165) is 4.73 Å². The number of aliphatic carboxylic acids is 1. The average molecular weight is 403 g/mol. The first-order valence-electron chi connectivity index (χ1n) is 8.15. The molecule has 0 atom stereocenters. The molecule has 0 bridgehead atoms. The molecule has 28 heavy (non-hydrogen) atoms. The van der Waals surface area contributed by atoms with Gasteiger partial charge in [0.05, 0.1) is 16.7 Å². The Balaban J connectivity index is 2.11. The molecule has 0 spiro atoms. The number of rotatable bonds is 6. The Bertz CT molecular complexity index is 1100. The second-order valence-corrected chi connectivity index (χ2v) is 7.20. The van der Waals surface area contributed by atoms with Crippen LogP contribution in [0.25, 0.3) is 10.9 Å². The molecule has 0 unspecified atom stereocenters. The van der Waals surface area contributed by atoms with Gasteiger partial charge in [0.1, 0.15) is 11.3 Å². The molecule has 3 N–H and O–H groups in total. The number of para-hydroxylation sites is 1. The zero-order valence-corrected chi connectivity index (χ0v) is 15.8. The molecule has 0 aliphatic heterocycles. The first-order valence-corrected chi connectivity index (χ1v) is 9.09. The maximum Gasteiger partial charge on any atom is 0.328 e. The van der Waals surface area contributed by atoms with Crippen molar-refractivity contribution >= 4 is 34.1 Å². The van der Waals surface area contributed by atoms with Crippen LogP contribution in [0.2, 0.25) is 0 Å². The predicted molar refractivity (Wildman–Crippen MR) is 101 cm³/mol. The Morgan fingerprint density at radius 1 is 1.32 bits per heavy atom. The molecule has 10 heteroatoms. The standard InChI is InChI=1S/C18H17N3O6S/c1-18(2,17(25)26)20-15(23)13-14(22)11-5-3-4-6-12(11)21(16(13)24)27-7-10-8-28-9-19-10/h3-6,8-9,22H,7H2,1-2H3,(H,20,23)(H,25,26). The fraction of sp³-hybridized carbons (Fsp3) is 0.222. The van der Waals surface area contributed by atoms with Crippen LogP contribution in [0.15, 0.2) is 40.0 Å². The van der Waals surface area contributed by atoms with Crippen LogP contribution in [0.1, 0.15) is 29.9 Å². The van der Waals surface area contributed by atoms with Gasteiger partial charge in [0, 0.05) is 10.8 Å². The summed E-state index contributed by atoms with van der Waals surface area (Å²) in [6, 6.07) is 6.35. The predicted octanol–water partition coefficient (Wildman–Crippen LogP) is 1.39. The van der Waals surface area contributed by atoms with E-state index in [2.05, 4.69) is 10.3 Å². The number of nitrogens with one attached hydrogen (secondary N) is 1. The number of aromatic nitrogens is 2. The van der Waals surface area contributed by atoms with Crippen molar-refractivity contribution in [2.45, 2.75) is 26.0 Å². The first kappa shape index (κ1) is 19.4. The molecule has 0 aliphatic carbocycles. The van der Waals surface area contributed by atoms with Gasteiger partial charge in [-0.1, -0.05) is 12.1 Å². The molecule has 3 rings (SSSR count). The number of benzene rings is 1. The highest BCUT2D eigenvalue weighted by atomic mass is 32.1. The quantitative estimate of drug-likeness (QED) is 0.567. The summed E-state index contributed by atoms with van der Waals surface area (Å²) in [6.45, 7) is 2.51. The molecule has 1 aromatic carbocycles. The summed E-state index contributed by atoms with van der Waals surface area (Å²) in [5.74, 6) is -2.86. The molecule has 0 radical (unpaired) electrons. The fourth-order valence-corrected chi connectivity index (χ4v) is 3.01. The lowest BCUT2D eigenvalue weighted by atomic mass is 10.0. The van der Waals surface area contributed by atoms with Crippen LogP contribution >= 0.6 is 11.3 Å². The van der Waals surface area contributed by atoms with Crippen LogP contribution in [0.5, 0.6) is 5.75 Å². The van der Waals surface area contributed by atoms with Gasteiger partial charge in [0.15, 0.2) is 12.2 Å². The van der Waals surface area contributed by atoms with Crippen molar-refractivity contribution in [3.8, 4) is 5.75 Å². The van der Waals surface area contributed by atoms with Gasteiger partial charge in [0.25, 0.3) is 11.5 Å². The summed E-state index contributed by atoms with van der Waals surface area (Å²) in [6.07, 6.45) is 0. The van der Waals surface area contributed by atoms with Gasteiger partial charge in [0.2, 0.25) is 0 Å². The zero-order chi connectivity index (χ0) is 20.5. The number of pyridine rings is 1. The van der Waals surface area contributed by atoms with E-state index < -0.39 is 34.3 Å². The monoisotopic (exact) mass is 403 g/mol. The van der Waals surface area contributed by atoms with Crippen LogP contribution in [0.4, 0.5) is 0 Å². The molecule has 1 amide bonds. The molecule has 146 valence electrons. The number of nitrogens with zero attached hydrogens (tertiary/aromatic N) is 2. The normalized spacial score (nSPS) is 11.4. The summed E-state index contributed by atoms with van der Waals surface area (Å²) in [5, 5.41) is 23.9. The van der Waals surface area contributed by atoms with Crippen molar-refractivity contribution in [2.75, 3.05) is 0 Å². The lowest BCUT2D eigenvalue weighted by Gasteiger charge is -2.22. The van der Waals surface area contributed by atoms with Crippen molar-refractivity contribution in [1.29, 1.82) is 0 Å². The topological polar surface area (TPSA) is 131 Å². The van der Waals surface area contributed by atoms with Crippen molar-refractivity contribution in [1.82, 2.24) is 15.0 Å². The number of aromatic hydroxyl groups is 1. The van der Waals surface area contributed by atoms with Gasteiger partial charge in [-0.05, 0) is 26.0 Å². The van der Waals surface area contributed by atoms with Gasteiger partial charge in [-0.2, -0.15) is 0 Å². The van der Waals surface area contributed by atoms with Crippen molar-refractivity contribution in [2.24, 2.45) is 0 Å². The maximum absolute atomic E-state index is 12.9. The number of carbonyl (C=O) groups excluding carboxylic acids is 1. The van der Waals surface area contributed by atoms with Gasteiger partial charge in [-0.25, -0.2) is 9.78 Å². The van der Waals surface area contributed by atoms with E-state index in [1.807, 2.05) is 0 Å². The minimum Gasteiger partial charge on any atom is -0.506 e. The molecule has 0 aliphatic rings. The number of carbonyl (C=O) groups is 2. The minimum absolute atomic E-state index is 0.0279. The van der Waals surface area contributed by atoms with Gasteiger partial charge < -0.3 is 20.4 Å². The third-order valence-corrected chi connectivity index (χ3v) is 4.66. The Hall–Kier alpha value is -3.40. The third kappa shape index (κ3) is 3.54. The van der Waals surface area contributed by atoms with E-state index >= 15 is 0 Å². The average Bonchev–Trinajstić information content (AvgIpc) is 3.14. The molecule has 0 saturated carbocycles. The molecule has 9 nitrogen and oxygen atoms in total. The van der Waals surface area contributed by atoms with E-state index in [1.165, 1.54) is 31.3 Å². The summed E-state index contributed by atoms with van der Waals surface area (Å²) in [7, 11) is 0. The smallest absolute Gasteiger partial charge is 0.328 e. The van der Waals surface area contributed by atoms with Crippen LogP contribution in [-0.4, -0.2) is 37.3 Å². The van der Waals surface area contributed by atoms with Crippen LogP contribution in [-0.2, 0) is 11.4 Å². The number of hydrogen-bond acceptors (Lipinski definition) is 7. The van der Waals surface area contributed by atoms with Gasteiger partial charge in [-0.15, -0.1) is 16.1 Å². The van der Waals surface area contributed by atoms with Crippen molar-refractivity contribution < 1.29 is 24.6 Å². The number of carboxylic acid groups (broad SMARTS) is 1. The van der Waals surface area contributed by atoms with Crippen molar-refractivity contribution in [3.63, 3.8) is 0 Å². The van der Waals surface area contributed by atoms with Crippen molar-refractivity contribution in [3.05, 3.63) is 56.8 Å². The van der Waals surface area contributed by atoms with E-state index in [1.54, 1.807) is 29.1 Å². The Morgan fingerprint density at radius 3 is 2.68 bits per heavy atom. The lowest BCUT2D eigenvalue weighted by Crippen LogP contribution is -2.51.